The van der Waals surface area contributed by atoms with E-state index in [-0.39, 0.29) is 6.04 Å². The van der Waals surface area contributed by atoms with Crippen LogP contribution in [0, 0.1) is 17.8 Å². The zero-order valence-corrected chi connectivity index (χ0v) is 15.1. The highest BCUT2D eigenvalue weighted by molar-refractivity contribution is 5.95. The molecule has 0 saturated heterocycles. The summed E-state index contributed by atoms with van der Waals surface area (Å²) in [6.07, 6.45) is 4.97. The minimum Gasteiger partial charge on any atom is -0.478 e. The first kappa shape index (κ1) is 15.9. The summed E-state index contributed by atoms with van der Waals surface area (Å²) in [5, 5.41) is 13.4. The minimum atomic E-state index is -0.837. The van der Waals surface area contributed by atoms with E-state index in [4.69, 9.17) is 0 Å². The number of hydrogen-bond acceptors (Lipinski definition) is 2. The van der Waals surface area contributed by atoms with Crippen molar-refractivity contribution in [2.45, 2.75) is 44.6 Å². The molecule has 5 atom stereocenters. The van der Waals surface area contributed by atoms with Gasteiger partial charge in [-0.05, 0) is 72.1 Å². The number of anilines is 1. The van der Waals surface area contributed by atoms with Crippen LogP contribution in [-0.4, -0.2) is 11.1 Å². The number of carboxylic acids is 1. The number of para-hydroxylation sites is 1. The molecule has 3 heteroatoms. The van der Waals surface area contributed by atoms with Crippen molar-refractivity contribution >= 4 is 11.7 Å². The monoisotopic (exact) mass is 347 g/mol. The second-order valence-electron chi connectivity index (χ2n) is 8.23. The standard InChI is InChI=1S/C23H25NO2/c1-2-13-6-8-14(9-7-13)21-20-16-11-10-15(12-16)19(20)17-4-3-5-18(23(25)26)22(17)24-21/h3-9,15-16,19-21,24H,2,10-12H2,1H3,(H,25,26)/t15-,16+,19+,20-,21+/m0/s1. The van der Waals surface area contributed by atoms with Gasteiger partial charge in [-0.15, -0.1) is 0 Å². The number of carbonyl (C=O) groups is 1. The number of rotatable bonds is 3. The lowest BCUT2D eigenvalue weighted by atomic mass is 9.67. The topological polar surface area (TPSA) is 49.3 Å². The Kier molecular flexibility index (Phi) is 3.59. The second-order valence-corrected chi connectivity index (χ2v) is 8.23. The number of benzene rings is 2. The van der Waals surface area contributed by atoms with E-state index in [1.54, 1.807) is 6.07 Å². The molecule has 0 amide bonds. The Morgan fingerprint density at radius 2 is 1.88 bits per heavy atom. The zero-order chi connectivity index (χ0) is 17.8. The summed E-state index contributed by atoms with van der Waals surface area (Å²) >= 11 is 0. The van der Waals surface area contributed by atoms with Gasteiger partial charge < -0.3 is 10.4 Å². The first-order valence-electron chi connectivity index (χ1n) is 9.89. The summed E-state index contributed by atoms with van der Waals surface area (Å²) < 4.78 is 0. The highest BCUT2D eigenvalue weighted by Crippen LogP contribution is 2.63. The molecular formula is C23H25NO2. The van der Waals surface area contributed by atoms with E-state index in [2.05, 4.69) is 42.6 Å². The largest absolute Gasteiger partial charge is 0.478 e. The van der Waals surface area contributed by atoms with Crippen molar-refractivity contribution in [1.82, 2.24) is 0 Å². The van der Waals surface area contributed by atoms with Crippen molar-refractivity contribution in [2.24, 2.45) is 17.8 Å². The van der Waals surface area contributed by atoms with Gasteiger partial charge in [0.25, 0.3) is 0 Å². The van der Waals surface area contributed by atoms with Crippen LogP contribution in [0.15, 0.2) is 42.5 Å². The van der Waals surface area contributed by atoms with Crippen molar-refractivity contribution in [3.05, 3.63) is 64.7 Å². The third-order valence-electron chi connectivity index (χ3n) is 7.10. The zero-order valence-electron chi connectivity index (χ0n) is 15.1. The first-order chi connectivity index (χ1) is 12.7. The Labute approximate surface area is 154 Å². The number of carboxylic acid groups (broad SMARTS) is 1. The molecule has 2 saturated carbocycles. The first-order valence-corrected chi connectivity index (χ1v) is 9.89. The fraction of sp³-hybridized carbons (Fsp3) is 0.435. The van der Waals surface area contributed by atoms with E-state index in [0.29, 0.717) is 23.3 Å². The van der Waals surface area contributed by atoms with Crippen molar-refractivity contribution < 1.29 is 9.90 Å². The van der Waals surface area contributed by atoms with Crippen LogP contribution in [-0.2, 0) is 6.42 Å². The highest BCUT2D eigenvalue weighted by Gasteiger charge is 2.54. The third kappa shape index (κ3) is 2.22. The quantitative estimate of drug-likeness (QED) is 0.798. The van der Waals surface area contributed by atoms with Crippen LogP contribution < -0.4 is 5.32 Å². The summed E-state index contributed by atoms with van der Waals surface area (Å²) in [6, 6.07) is 15.0. The normalized spacial score (nSPS) is 31.2. The SMILES string of the molecule is CCc1ccc([C@H]2Nc3c(C(=O)O)cccc3[C@H]3[C@H]4CC[C@H](C4)[C@@H]32)cc1. The summed E-state index contributed by atoms with van der Waals surface area (Å²) in [5.41, 5.74) is 5.16. The molecule has 0 radical (unpaired) electrons. The van der Waals surface area contributed by atoms with Crippen LogP contribution in [0.1, 0.15) is 65.2 Å². The third-order valence-corrected chi connectivity index (χ3v) is 7.10. The Hall–Kier alpha value is -2.29. The van der Waals surface area contributed by atoms with Crippen molar-refractivity contribution in [2.75, 3.05) is 5.32 Å². The number of aryl methyl sites for hydroxylation is 1. The highest BCUT2D eigenvalue weighted by atomic mass is 16.4. The Morgan fingerprint density at radius 1 is 1.12 bits per heavy atom. The predicted molar refractivity (Wildman–Crippen MR) is 103 cm³/mol. The molecule has 2 aliphatic carbocycles. The van der Waals surface area contributed by atoms with Crippen LogP contribution in [0.4, 0.5) is 5.69 Å². The molecule has 2 bridgehead atoms. The van der Waals surface area contributed by atoms with Gasteiger partial charge >= 0.3 is 5.97 Å². The molecule has 3 nitrogen and oxygen atoms in total. The molecule has 134 valence electrons. The van der Waals surface area contributed by atoms with E-state index in [1.165, 1.54) is 36.0 Å². The summed E-state index contributed by atoms with van der Waals surface area (Å²) in [5.74, 6) is 1.72. The maximum atomic E-state index is 11.8. The number of aromatic carboxylic acids is 1. The molecule has 2 N–H and O–H groups in total. The maximum absolute atomic E-state index is 11.8. The summed E-state index contributed by atoms with van der Waals surface area (Å²) in [4.78, 5) is 11.8. The lowest BCUT2D eigenvalue weighted by molar-refractivity contribution is 0.0697. The summed E-state index contributed by atoms with van der Waals surface area (Å²) in [7, 11) is 0. The van der Waals surface area contributed by atoms with Gasteiger partial charge in [-0.3, -0.25) is 0 Å². The van der Waals surface area contributed by atoms with E-state index in [0.717, 1.165) is 18.0 Å². The Bertz CT molecular complexity index is 857. The van der Waals surface area contributed by atoms with Gasteiger partial charge in [-0.1, -0.05) is 43.3 Å². The molecular weight excluding hydrogens is 322 g/mol. The summed E-state index contributed by atoms with van der Waals surface area (Å²) in [6.45, 7) is 2.18. The number of hydrogen-bond donors (Lipinski definition) is 2. The van der Waals surface area contributed by atoms with Gasteiger partial charge in [0.05, 0.1) is 17.3 Å². The van der Waals surface area contributed by atoms with E-state index in [9.17, 15) is 9.90 Å². The lowest BCUT2D eigenvalue weighted by Gasteiger charge is -2.44. The second kappa shape index (κ2) is 5.87. The molecule has 26 heavy (non-hydrogen) atoms. The van der Waals surface area contributed by atoms with Gasteiger partial charge in [0.2, 0.25) is 0 Å². The van der Waals surface area contributed by atoms with Gasteiger partial charge in [0.1, 0.15) is 0 Å². The molecule has 0 aromatic heterocycles. The fourth-order valence-electron chi connectivity index (χ4n) is 5.98. The van der Waals surface area contributed by atoms with Crippen molar-refractivity contribution in [3.63, 3.8) is 0 Å². The smallest absolute Gasteiger partial charge is 0.337 e. The van der Waals surface area contributed by atoms with E-state index in [1.807, 2.05) is 6.07 Å². The average Bonchev–Trinajstić information content (AvgIpc) is 3.29. The number of nitrogens with one attached hydrogen (secondary N) is 1. The number of fused-ring (bicyclic) bond motifs is 7. The predicted octanol–water partition coefficient (Wildman–Crippen LogP) is 5.24. The van der Waals surface area contributed by atoms with E-state index < -0.39 is 5.97 Å². The molecule has 2 fully saturated rings. The van der Waals surface area contributed by atoms with Gasteiger partial charge in [-0.2, -0.15) is 0 Å². The van der Waals surface area contributed by atoms with Crippen LogP contribution in [0.25, 0.3) is 0 Å². The Morgan fingerprint density at radius 3 is 2.62 bits per heavy atom. The lowest BCUT2D eigenvalue weighted by Crippen LogP contribution is -2.36. The average molecular weight is 347 g/mol. The van der Waals surface area contributed by atoms with Crippen molar-refractivity contribution in [3.8, 4) is 0 Å². The minimum absolute atomic E-state index is 0.217. The molecule has 3 aliphatic rings. The van der Waals surface area contributed by atoms with Crippen LogP contribution >= 0.6 is 0 Å². The van der Waals surface area contributed by atoms with Gasteiger partial charge in [0.15, 0.2) is 0 Å². The molecule has 0 spiro atoms. The van der Waals surface area contributed by atoms with E-state index >= 15 is 0 Å². The van der Waals surface area contributed by atoms with Gasteiger partial charge in [0, 0.05) is 0 Å². The molecule has 1 aliphatic heterocycles. The molecule has 1 heterocycles. The maximum Gasteiger partial charge on any atom is 0.337 e. The van der Waals surface area contributed by atoms with Crippen LogP contribution in [0.5, 0.6) is 0 Å². The van der Waals surface area contributed by atoms with Crippen LogP contribution in [0.3, 0.4) is 0 Å². The molecule has 0 unspecified atom stereocenters. The molecule has 2 aromatic carbocycles. The molecule has 5 rings (SSSR count). The Balaban J connectivity index is 1.64. The van der Waals surface area contributed by atoms with Crippen molar-refractivity contribution in [1.29, 1.82) is 0 Å². The fourth-order valence-corrected chi connectivity index (χ4v) is 5.98. The molecule has 2 aromatic rings. The van der Waals surface area contributed by atoms with Crippen LogP contribution in [0.2, 0.25) is 0 Å². The van der Waals surface area contributed by atoms with Gasteiger partial charge in [-0.25, -0.2) is 4.79 Å².